The molecule has 1 saturated heterocycles. The zero-order chi connectivity index (χ0) is 12.0. The van der Waals surface area contributed by atoms with Gasteiger partial charge >= 0.3 is 5.97 Å². The summed E-state index contributed by atoms with van der Waals surface area (Å²) in [6.45, 7) is 9.33. The molecule has 1 aliphatic heterocycles. The fourth-order valence-electron chi connectivity index (χ4n) is 1.87. The van der Waals surface area contributed by atoms with Crippen LogP contribution < -0.4 is 11.4 Å². The molecule has 0 amide bonds. The molecule has 1 aliphatic rings. The highest BCUT2D eigenvalue weighted by Crippen LogP contribution is 2.06. The minimum absolute atomic E-state index is 0.311. The molecule has 1 rings (SSSR count). The number of nitrogens with zero attached hydrogens (tertiary/aromatic N) is 2. The van der Waals surface area contributed by atoms with Crippen LogP contribution in [0.2, 0.25) is 0 Å². The van der Waals surface area contributed by atoms with Gasteiger partial charge in [-0.25, -0.2) is 5.84 Å². The summed E-state index contributed by atoms with van der Waals surface area (Å²) in [5.74, 6) is 4.57. The summed E-state index contributed by atoms with van der Waals surface area (Å²) in [5, 5.41) is 0. The maximum absolute atomic E-state index is 11.1. The Hall–Kier alpha value is -0.690. The molecule has 0 radical (unpaired) electrons. The van der Waals surface area contributed by atoms with Gasteiger partial charge in [0.05, 0.1) is 6.42 Å². The zero-order valence-corrected chi connectivity index (χ0v) is 10.1. The quantitative estimate of drug-likeness (QED) is 0.482. The Morgan fingerprint density at radius 3 is 2.50 bits per heavy atom. The first-order chi connectivity index (χ1) is 7.63. The highest BCUT2D eigenvalue weighted by atomic mass is 16.7. The van der Waals surface area contributed by atoms with Gasteiger partial charge in [-0.15, -0.1) is 0 Å². The van der Waals surface area contributed by atoms with E-state index in [-0.39, 0.29) is 5.97 Å². The van der Waals surface area contributed by atoms with Crippen molar-refractivity contribution in [3.8, 4) is 0 Å². The monoisotopic (exact) mass is 230 g/mol. The van der Waals surface area contributed by atoms with Crippen LogP contribution in [0.3, 0.4) is 0 Å². The van der Waals surface area contributed by atoms with Crippen molar-refractivity contribution in [3.63, 3.8) is 0 Å². The predicted molar refractivity (Wildman–Crippen MR) is 61.2 cm³/mol. The van der Waals surface area contributed by atoms with Crippen LogP contribution in [-0.2, 0) is 9.63 Å². The number of hydrogen-bond donors (Lipinski definition) is 2. The lowest BCUT2D eigenvalue weighted by atomic mass is 10.2. The second-order valence-electron chi connectivity index (χ2n) is 4.31. The maximum Gasteiger partial charge on any atom is 0.327 e. The van der Waals surface area contributed by atoms with Crippen molar-refractivity contribution in [1.29, 1.82) is 0 Å². The molecule has 0 aliphatic carbocycles. The van der Waals surface area contributed by atoms with Crippen molar-refractivity contribution < 1.29 is 9.63 Å². The molecule has 6 nitrogen and oxygen atoms in total. The lowest BCUT2D eigenvalue weighted by Crippen LogP contribution is -2.49. The van der Waals surface area contributed by atoms with Crippen molar-refractivity contribution in [2.24, 2.45) is 5.84 Å². The first kappa shape index (κ1) is 13.4. The van der Waals surface area contributed by atoms with E-state index in [2.05, 4.69) is 28.5 Å². The summed E-state index contributed by atoms with van der Waals surface area (Å²) in [4.78, 5) is 20.2. The first-order valence-corrected chi connectivity index (χ1v) is 5.75. The number of hydrogen-bond acceptors (Lipinski definition) is 6. The van der Waals surface area contributed by atoms with Gasteiger partial charge in [0.2, 0.25) is 0 Å². The predicted octanol–water partition coefficient (Wildman–Crippen LogP) is -0.676. The SMILES string of the molecule is CC(C)N1CCN(CCC(=O)ONN)CC1. The summed E-state index contributed by atoms with van der Waals surface area (Å²) in [5.41, 5.74) is 1.90. The summed E-state index contributed by atoms with van der Waals surface area (Å²) in [7, 11) is 0. The number of hydrazine groups is 1. The molecule has 1 heterocycles. The van der Waals surface area contributed by atoms with Crippen LogP contribution in [0.15, 0.2) is 0 Å². The van der Waals surface area contributed by atoms with E-state index in [9.17, 15) is 4.79 Å². The third-order valence-electron chi connectivity index (χ3n) is 2.94. The van der Waals surface area contributed by atoms with Gasteiger partial charge in [-0.3, -0.25) is 9.69 Å². The molecule has 0 saturated carbocycles. The highest BCUT2D eigenvalue weighted by Gasteiger charge is 2.19. The molecule has 0 aromatic carbocycles. The molecule has 1 fully saturated rings. The number of carbonyl (C=O) groups excluding carboxylic acids is 1. The smallest absolute Gasteiger partial charge is 0.327 e. The van der Waals surface area contributed by atoms with E-state index >= 15 is 0 Å². The van der Waals surface area contributed by atoms with Crippen molar-refractivity contribution in [3.05, 3.63) is 0 Å². The lowest BCUT2D eigenvalue weighted by Gasteiger charge is -2.36. The van der Waals surface area contributed by atoms with Crippen molar-refractivity contribution >= 4 is 5.97 Å². The van der Waals surface area contributed by atoms with Gasteiger partial charge in [0, 0.05) is 38.8 Å². The van der Waals surface area contributed by atoms with Crippen LogP contribution in [-0.4, -0.2) is 54.5 Å². The Morgan fingerprint density at radius 2 is 2.00 bits per heavy atom. The number of rotatable bonds is 5. The van der Waals surface area contributed by atoms with Crippen LogP contribution in [0.5, 0.6) is 0 Å². The Bertz CT molecular complexity index is 215. The molecule has 0 unspecified atom stereocenters. The summed E-state index contributed by atoms with van der Waals surface area (Å²) < 4.78 is 0. The van der Waals surface area contributed by atoms with Gasteiger partial charge in [-0.1, -0.05) is 5.59 Å². The molecule has 0 atom stereocenters. The molecular weight excluding hydrogens is 208 g/mol. The topological polar surface area (TPSA) is 70.8 Å². The van der Waals surface area contributed by atoms with Crippen molar-refractivity contribution in [1.82, 2.24) is 15.4 Å². The number of piperazine rings is 1. The van der Waals surface area contributed by atoms with E-state index in [0.29, 0.717) is 12.5 Å². The normalized spacial score (nSPS) is 19.0. The molecule has 0 bridgehead atoms. The standard InChI is InChI=1S/C10H22N4O2/c1-9(2)14-7-5-13(6-8-14)4-3-10(15)16-12-11/h9,12H,3-8,11H2,1-2H3. The number of nitrogens with two attached hydrogens (primary N) is 1. The lowest BCUT2D eigenvalue weighted by molar-refractivity contribution is -0.151. The van der Waals surface area contributed by atoms with E-state index in [1.54, 1.807) is 0 Å². The summed E-state index contributed by atoms with van der Waals surface area (Å²) in [6, 6.07) is 0.605. The van der Waals surface area contributed by atoms with Gasteiger partial charge < -0.3 is 9.74 Å². The third-order valence-corrected chi connectivity index (χ3v) is 2.94. The van der Waals surface area contributed by atoms with Gasteiger partial charge in [0.15, 0.2) is 0 Å². The number of carbonyl (C=O) groups is 1. The molecule has 0 aromatic rings. The minimum atomic E-state index is -0.311. The fourth-order valence-corrected chi connectivity index (χ4v) is 1.87. The van der Waals surface area contributed by atoms with Crippen LogP contribution in [0.25, 0.3) is 0 Å². The van der Waals surface area contributed by atoms with Crippen molar-refractivity contribution in [2.75, 3.05) is 32.7 Å². The van der Waals surface area contributed by atoms with Crippen LogP contribution in [0.1, 0.15) is 20.3 Å². The second-order valence-corrected chi connectivity index (χ2v) is 4.31. The average Bonchev–Trinajstić information content (AvgIpc) is 2.27. The average molecular weight is 230 g/mol. The molecule has 6 heteroatoms. The Balaban J connectivity index is 2.15. The van der Waals surface area contributed by atoms with Crippen molar-refractivity contribution in [2.45, 2.75) is 26.3 Å². The maximum atomic E-state index is 11.1. The Labute approximate surface area is 96.6 Å². The molecule has 3 N–H and O–H groups in total. The van der Waals surface area contributed by atoms with Gasteiger partial charge in [-0.05, 0) is 13.8 Å². The van der Waals surface area contributed by atoms with E-state index in [4.69, 9.17) is 5.84 Å². The number of nitrogens with one attached hydrogen (secondary N) is 1. The minimum Gasteiger partial charge on any atom is -0.356 e. The van der Waals surface area contributed by atoms with E-state index in [0.717, 1.165) is 32.7 Å². The van der Waals surface area contributed by atoms with E-state index < -0.39 is 0 Å². The second kappa shape index (κ2) is 6.80. The Kier molecular flexibility index (Phi) is 5.68. The fraction of sp³-hybridized carbons (Fsp3) is 0.900. The first-order valence-electron chi connectivity index (χ1n) is 5.75. The molecular formula is C10H22N4O2. The third kappa shape index (κ3) is 4.44. The molecule has 16 heavy (non-hydrogen) atoms. The molecule has 94 valence electrons. The van der Waals surface area contributed by atoms with E-state index in [1.807, 2.05) is 5.59 Å². The van der Waals surface area contributed by atoms with Gasteiger partial charge in [0.25, 0.3) is 0 Å². The highest BCUT2D eigenvalue weighted by molar-refractivity contribution is 5.69. The molecule has 0 aromatic heterocycles. The molecule has 0 spiro atoms. The van der Waals surface area contributed by atoms with Crippen LogP contribution >= 0.6 is 0 Å². The zero-order valence-electron chi connectivity index (χ0n) is 10.1. The van der Waals surface area contributed by atoms with Gasteiger partial charge in [0.1, 0.15) is 0 Å². The largest absolute Gasteiger partial charge is 0.356 e. The van der Waals surface area contributed by atoms with Gasteiger partial charge in [-0.2, -0.15) is 0 Å². The summed E-state index contributed by atoms with van der Waals surface area (Å²) in [6.07, 6.45) is 0.381. The van der Waals surface area contributed by atoms with Crippen LogP contribution in [0.4, 0.5) is 0 Å². The Morgan fingerprint density at radius 1 is 1.38 bits per heavy atom. The summed E-state index contributed by atoms with van der Waals surface area (Å²) >= 11 is 0. The van der Waals surface area contributed by atoms with Crippen LogP contribution in [0, 0.1) is 0 Å². The van der Waals surface area contributed by atoms with E-state index in [1.165, 1.54) is 0 Å².